The summed E-state index contributed by atoms with van der Waals surface area (Å²) in [5.41, 5.74) is 1.68. The lowest BCUT2D eigenvalue weighted by Gasteiger charge is -2.60. The molecule has 2 aliphatic carbocycles. The normalized spacial score (nSPS) is 29.6. The van der Waals surface area contributed by atoms with Crippen LogP contribution in [0.25, 0.3) is 6.08 Å². The quantitative estimate of drug-likeness (QED) is 0.587. The first kappa shape index (κ1) is 23.2. The number of carbonyl (C=O) groups excluding carboxylic acids is 1. The molecule has 0 spiro atoms. The van der Waals surface area contributed by atoms with Gasteiger partial charge in [-0.2, -0.15) is 0 Å². The Bertz CT molecular complexity index is 1020. The van der Waals surface area contributed by atoms with Crippen LogP contribution in [0.5, 0.6) is 5.75 Å². The highest BCUT2D eigenvalue weighted by atomic mass is 16.5. The number of hydrogen-bond acceptors (Lipinski definition) is 5. The molecule has 3 fully saturated rings. The molecule has 3 atom stereocenters. The Labute approximate surface area is 202 Å². The van der Waals surface area contributed by atoms with E-state index in [2.05, 4.69) is 28.4 Å². The third-order valence-electron chi connectivity index (χ3n) is 8.24. The third kappa shape index (κ3) is 4.53. The van der Waals surface area contributed by atoms with Crippen LogP contribution in [0.15, 0.2) is 53.4 Å². The highest BCUT2D eigenvalue weighted by Gasteiger charge is 2.59. The molecule has 34 heavy (non-hydrogen) atoms. The van der Waals surface area contributed by atoms with Crippen LogP contribution in [0, 0.1) is 5.92 Å². The first-order valence-electron chi connectivity index (χ1n) is 12.5. The molecule has 1 amide bonds. The number of benzene rings is 1. The summed E-state index contributed by atoms with van der Waals surface area (Å²) in [7, 11) is 3.59. The lowest BCUT2D eigenvalue weighted by Crippen LogP contribution is -2.68. The van der Waals surface area contributed by atoms with Crippen LogP contribution in [0.3, 0.4) is 0 Å². The lowest BCUT2D eigenvalue weighted by atomic mass is 9.55. The predicted molar refractivity (Wildman–Crippen MR) is 132 cm³/mol. The van der Waals surface area contributed by atoms with Gasteiger partial charge in [0.15, 0.2) is 0 Å². The molecule has 2 heterocycles. The zero-order chi connectivity index (χ0) is 23.6. The Morgan fingerprint density at radius 2 is 2.12 bits per heavy atom. The number of nitrogens with one attached hydrogen (secondary N) is 1. The van der Waals surface area contributed by atoms with Crippen molar-refractivity contribution in [2.75, 3.05) is 33.9 Å². The molecule has 2 saturated carbocycles. The number of furan rings is 1. The average molecular weight is 465 g/mol. The van der Waals surface area contributed by atoms with Crippen LogP contribution < -0.4 is 10.1 Å². The van der Waals surface area contributed by atoms with Gasteiger partial charge in [0.05, 0.1) is 25.2 Å². The van der Waals surface area contributed by atoms with Crippen LogP contribution in [-0.4, -0.2) is 56.3 Å². The molecule has 1 aliphatic heterocycles. The largest absolute Gasteiger partial charge is 0.497 e. The maximum Gasteiger partial charge on any atom is 0.244 e. The van der Waals surface area contributed by atoms with Crippen LogP contribution in [0.1, 0.15) is 49.7 Å². The van der Waals surface area contributed by atoms with E-state index in [-0.39, 0.29) is 23.0 Å². The Morgan fingerprint density at radius 1 is 1.24 bits per heavy atom. The van der Waals surface area contributed by atoms with Crippen molar-refractivity contribution in [3.8, 4) is 5.75 Å². The second-order valence-electron chi connectivity index (χ2n) is 10.3. The molecule has 5 rings (SSSR count). The molecule has 0 bridgehead atoms. The smallest absolute Gasteiger partial charge is 0.244 e. The highest BCUT2D eigenvalue weighted by molar-refractivity contribution is 5.91. The number of hydrogen-bond donors (Lipinski definition) is 1. The van der Waals surface area contributed by atoms with Gasteiger partial charge >= 0.3 is 0 Å². The fourth-order valence-electron chi connectivity index (χ4n) is 6.25. The number of likely N-dealkylation sites (tertiary alicyclic amines) is 1. The monoisotopic (exact) mass is 464 g/mol. The Hall–Kier alpha value is -2.57. The first-order valence-corrected chi connectivity index (χ1v) is 12.5. The van der Waals surface area contributed by atoms with Crippen molar-refractivity contribution in [3.05, 3.63) is 60.1 Å². The number of rotatable bonds is 8. The number of carbonyl (C=O) groups is 1. The average Bonchev–Trinajstić information content (AvgIpc) is 3.52. The minimum Gasteiger partial charge on any atom is -0.497 e. The zero-order valence-electron chi connectivity index (χ0n) is 20.3. The van der Waals surface area contributed by atoms with Crippen LogP contribution in [0.4, 0.5) is 0 Å². The minimum absolute atomic E-state index is 0.0666. The van der Waals surface area contributed by atoms with Crippen LogP contribution >= 0.6 is 0 Å². The minimum atomic E-state index is -0.277. The molecule has 6 nitrogen and oxygen atoms in total. The molecular formula is C28H36N2O4. The van der Waals surface area contributed by atoms with Crippen LogP contribution in [-0.2, 0) is 14.9 Å². The standard InChI is InChI=1S/C28H36N2O4/c1-32-25-5-3-4-23(16-25)27-13-14-30(18-21-6-7-21)20-28(27,33-2)12-10-24(17-27)29-26(31)9-8-22-11-15-34-19-22/h3-5,8-9,11,15-16,19,21,24H,6-7,10,12-14,17-18,20H2,1-2H3,(H,29,31)/b9-8+/t24-,27-,28-/m0/s1. The van der Waals surface area contributed by atoms with Gasteiger partial charge < -0.3 is 24.1 Å². The van der Waals surface area contributed by atoms with Gasteiger partial charge in [0.1, 0.15) is 5.75 Å². The number of nitrogens with zero attached hydrogens (tertiary/aromatic N) is 1. The number of amides is 1. The van der Waals surface area contributed by atoms with Crippen molar-refractivity contribution < 1.29 is 18.7 Å². The molecular weight excluding hydrogens is 428 g/mol. The van der Waals surface area contributed by atoms with Crippen molar-refractivity contribution in [3.63, 3.8) is 0 Å². The van der Waals surface area contributed by atoms with Gasteiger partial charge in [0.25, 0.3) is 0 Å². The number of piperidine rings is 1. The molecule has 0 radical (unpaired) electrons. The van der Waals surface area contributed by atoms with Gasteiger partial charge in [-0.1, -0.05) is 12.1 Å². The summed E-state index contributed by atoms with van der Waals surface area (Å²) in [5, 5.41) is 3.28. The fraction of sp³-hybridized carbons (Fsp3) is 0.536. The number of methoxy groups -OCH3 is 2. The summed E-state index contributed by atoms with van der Waals surface area (Å²) in [6.07, 6.45) is 13.0. The van der Waals surface area contributed by atoms with Crippen molar-refractivity contribution in [1.29, 1.82) is 0 Å². The molecule has 0 unspecified atom stereocenters. The molecule has 6 heteroatoms. The predicted octanol–water partition coefficient (Wildman–Crippen LogP) is 4.41. The van der Waals surface area contributed by atoms with Gasteiger partial charge in [-0.05, 0) is 80.8 Å². The second kappa shape index (κ2) is 9.59. The summed E-state index contributed by atoms with van der Waals surface area (Å²) in [4.78, 5) is 15.4. The Morgan fingerprint density at radius 3 is 2.85 bits per heavy atom. The van der Waals surface area contributed by atoms with E-state index in [1.165, 1.54) is 24.9 Å². The van der Waals surface area contributed by atoms with Crippen LogP contribution in [0.2, 0.25) is 0 Å². The van der Waals surface area contributed by atoms with E-state index in [4.69, 9.17) is 13.9 Å². The Balaban J connectivity index is 1.41. The molecule has 3 aliphatic rings. The second-order valence-corrected chi connectivity index (χ2v) is 10.3. The SMILES string of the molecule is COc1cccc([C@@]23CCN(CC4CC4)C[C@@]2(OC)CC[C@H](NC(=O)/C=C/c2ccoc2)C3)c1. The summed E-state index contributed by atoms with van der Waals surface area (Å²) < 4.78 is 17.2. The number of ether oxygens (including phenoxy) is 2. The maximum atomic E-state index is 12.7. The van der Waals surface area contributed by atoms with Gasteiger partial charge in [-0.15, -0.1) is 0 Å². The maximum absolute atomic E-state index is 12.7. The summed E-state index contributed by atoms with van der Waals surface area (Å²) in [5.74, 6) is 1.66. The fourth-order valence-corrected chi connectivity index (χ4v) is 6.25. The molecule has 1 aromatic carbocycles. The van der Waals surface area contributed by atoms with E-state index in [0.717, 1.165) is 56.0 Å². The van der Waals surface area contributed by atoms with Crippen molar-refractivity contribution in [1.82, 2.24) is 10.2 Å². The van der Waals surface area contributed by atoms with Gasteiger partial charge in [-0.3, -0.25) is 4.79 Å². The molecule has 2 aromatic rings. The topological polar surface area (TPSA) is 63.9 Å². The summed E-state index contributed by atoms with van der Waals surface area (Å²) >= 11 is 0. The van der Waals surface area contributed by atoms with Crippen molar-refractivity contribution in [2.24, 2.45) is 5.92 Å². The lowest BCUT2D eigenvalue weighted by molar-refractivity contribution is -0.150. The highest BCUT2D eigenvalue weighted by Crippen LogP contribution is 2.54. The van der Waals surface area contributed by atoms with E-state index in [1.807, 2.05) is 19.2 Å². The van der Waals surface area contributed by atoms with Gasteiger partial charge in [0.2, 0.25) is 5.91 Å². The molecule has 1 saturated heterocycles. The van der Waals surface area contributed by atoms with Gasteiger partial charge in [0, 0.05) is 43.3 Å². The van der Waals surface area contributed by atoms with Crippen molar-refractivity contribution in [2.45, 2.75) is 55.6 Å². The van der Waals surface area contributed by atoms with E-state index in [0.29, 0.717) is 0 Å². The Kier molecular flexibility index (Phi) is 6.54. The van der Waals surface area contributed by atoms with Crippen molar-refractivity contribution >= 4 is 12.0 Å². The van der Waals surface area contributed by atoms with Gasteiger partial charge in [-0.25, -0.2) is 0 Å². The summed E-state index contributed by atoms with van der Waals surface area (Å²) in [6.45, 7) is 3.18. The first-order chi connectivity index (χ1) is 16.6. The molecule has 1 N–H and O–H groups in total. The van der Waals surface area contributed by atoms with E-state index < -0.39 is 0 Å². The number of fused-ring (bicyclic) bond motifs is 1. The summed E-state index contributed by atoms with van der Waals surface area (Å²) in [6, 6.07) is 10.4. The van der Waals surface area contributed by atoms with E-state index >= 15 is 0 Å². The molecule has 182 valence electrons. The van der Waals surface area contributed by atoms with E-state index in [9.17, 15) is 4.79 Å². The third-order valence-corrected chi connectivity index (χ3v) is 8.24. The zero-order valence-corrected chi connectivity index (χ0v) is 20.3. The molecule has 1 aromatic heterocycles. The van der Waals surface area contributed by atoms with E-state index in [1.54, 1.807) is 31.8 Å².